The first-order valence-corrected chi connectivity index (χ1v) is 7.82. The minimum Gasteiger partial charge on any atom is -0.351 e. The van der Waals surface area contributed by atoms with Crippen LogP contribution in [-0.4, -0.2) is 41.0 Å². The van der Waals surface area contributed by atoms with Crippen molar-refractivity contribution in [3.05, 3.63) is 23.8 Å². The summed E-state index contributed by atoms with van der Waals surface area (Å²) in [6, 6.07) is 1.94. The average molecular weight is 289 g/mol. The normalized spacial score (nSPS) is 19.4. The van der Waals surface area contributed by atoms with E-state index in [1.165, 1.54) is 12.8 Å². The molecule has 0 amide bonds. The zero-order chi connectivity index (χ0) is 15.2. The summed E-state index contributed by atoms with van der Waals surface area (Å²) in [4.78, 5) is 15.3. The van der Waals surface area contributed by atoms with Gasteiger partial charge in [-0.3, -0.25) is 4.99 Å². The average Bonchev–Trinajstić information content (AvgIpc) is 2.87. The highest BCUT2D eigenvalue weighted by Crippen LogP contribution is 2.23. The Morgan fingerprint density at radius 1 is 1.52 bits per heavy atom. The summed E-state index contributed by atoms with van der Waals surface area (Å²) in [7, 11) is 1.85. The molecular weight excluding hydrogens is 262 g/mol. The second-order valence-corrected chi connectivity index (χ2v) is 6.23. The molecule has 0 saturated carbocycles. The number of aryl methyl sites for hydroxylation is 1. The molecule has 5 heteroatoms. The number of hydrogen-bond acceptors (Lipinski definition) is 3. The topological polar surface area (TPSA) is 53.4 Å². The Morgan fingerprint density at radius 2 is 2.33 bits per heavy atom. The summed E-state index contributed by atoms with van der Waals surface area (Å²) in [5.74, 6) is 3.36. The second-order valence-electron chi connectivity index (χ2n) is 6.23. The van der Waals surface area contributed by atoms with E-state index in [0.29, 0.717) is 6.54 Å². The minimum atomic E-state index is 0.696. The van der Waals surface area contributed by atoms with Crippen LogP contribution in [0.15, 0.2) is 17.3 Å². The van der Waals surface area contributed by atoms with Crippen molar-refractivity contribution in [2.45, 2.75) is 40.2 Å². The number of nitrogens with one attached hydrogen (secondary N) is 1. The molecule has 1 aromatic heterocycles. The van der Waals surface area contributed by atoms with Crippen LogP contribution in [0.4, 0.5) is 0 Å². The Morgan fingerprint density at radius 3 is 3.00 bits per heavy atom. The van der Waals surface area contributed by atoms with E-state index < -0.39 is 0 Å². The first kappa shape index (κ1) is 15.7. The largest absolute Gasteiger partial charge is 0.351 e. The Hall–Kier alpha value is -1.65. The van der Waals surface area contributed by atoms with E-state index in [1.807, 2.05) is 20.0 Å². The zero-order valence-electron chi connectivity index (χ0n) is 13.6. The fourth-order valence-corrected chi connectivity index (χ4v) is 2.99. The molecule has 1 saturated heterocycles. The number of nitrogens with zero attached hydrogens (tertiary/aromatic N) is 4. The first-order valence-electron chi connectivity index (χ1n) is 7.82. The highest BCUT2D eigenvalue weighted by atomic mass is 15.3. The lowest BCUT2D eigenvalue weighted by molar-refractivity contribution is 0.403. The highest BCUT2D eigenvalue weighted by Gasteiger charge is 2.25. The molecule has 1 aliphatic rings. The van der Waals surface area contributed by atoms with E-state index in [4.69, 9.17) is 0 Å². The number of hydrogen-bond donors (Lipinski definition) is 1. The second kappa shape index (κ2) is 7.38. The van der Waals surface area contributed by atoms with Crippen molar-refractivity contribution in [3.63, 3.8) is 0 Å². The number of guanidine groups is 1. The van der Waals surface area contributed by atoms with Gasteiger partial charge in [0, 0.05) is 26.3 Å². The molecular formula is C16H27N5. The molecule has 0 aliphatic carbocycles. The van der Waals surface area contributed by atoms with Crippen molar-refractivity contribution in [2.24, 2.45) is 16.8 Å². The first-order chi connectivity index (χ1) is 10.1. The van der Waals surface area contributed by atoms with Gasteiger partial charge in [-0.15, -0.1) is 0 Å². The van der Waals surface area contributed by atoms with Crippen molar-refractivity contribution in [1.82, 2.24) is 20.2 Å². The van der Waals surface area contributed by atoms with Gasteiger partial charge >= 0.3 is 0 Å². The van der Waals surface area contributed by atoms with Crippen molar-refractivity contribution >= 4 is 5.96 Å². The molecule has 1 unspecified atom stereocenters. The molecule has 2 rings (SSSR count). The van der Waals surface area contributed by atoms with Gasteiger partial charge in [0.1, 0.15) is 5.82 Å². The Labute approximate surface area is 127 Å². The van der Waals surface area contributed by atoms with Gasteiger partial charge in [0.15, 0.2) is 5.96 Å². The smallest absolute Gasteiger partial charge is 0.193 e. The lowest BCUT2D eigenvalue weighted by atomic mass is 9.97. The number of likely N-dealkylation sites (tertiary alicyclic amines) is 1. The maximum atomic E-state index is 4.41. The van der Waals surface area contributed by atoms with Crippen molar-refractivity contribution in [2.75, 3.05) is 20.1 Å². The lowest BCUT2D eigenvalue weighted by Crippen LogP contribution is -2.39. The van der Waals surface area contributed by atoms with Gasteiger partial charge in [-0.2, -0.15) is 0 Å². The molecule has 0 aromatic carbocycles. The van der Waals surface area contributed by atoms with E-state index in [9.17, 15) is 0 Å². The molecule has 1 N–H and O–H groups in total. The van der Waals surface area contributed by atoms with E-state index in [1.54, 1.807) is 6.20 Å². The van der Waals surface area contributed by atoms with Gasteiger partial charge in [0.05, 0.1) is 12.2 Å². The zero-order valence-corrected chi connectivity index (χ0v) is 13.6. The number of rotatable bonds is 4. The van der Waals surface area contributed by atoms with Crippen molar-refractivity contribution in [1.29, 1.82) is 0 Å². The Bertz CT molecular complexity index is 483. The predicted octanol–water partition coefficient (Wildman–Crippen LogP) is 2.23. The van der Waals surface area contributed by atoms with Crippen LogP contribution in [0.3, 0.4) is 0 Å². The van der Waals surface area contributed by atoms with Gasteiger partial charge < -0.3 is 10.2 Å². The predicted molar refractivity (Wildman–Crippen MR) is 86.1 cm³/mol. The van der Waals surface area contributed by atoms with E-state index in [-0.39, 0.29) is 0 Å². The van der Waals surface area contributed by atoms with Crippen LogP contribution in [-0.2, 0) is 6.54 Å². The molecule has 5 nitrogen and oxygen atoms in total. The van der Waals surface area contributed by atoms with Gasteiger partial charge in [-0.05, 0) is 37.7 Å². The standard InChI is InChI=1S/C16H27N5/c1-12(2)9-14-6-8-21(11-14)16(17-4)19-10-15-5-7-18-13(3)20-15/h5,7,12,14H,6,8-11H2,1-4H3,(H,17,19). The van der Waals surface area contributed by atoms with Crippen LogP contribution in [0.1, 0.15) is 38.2 Å². The van der Waals surface area contributed by atoms with Gasteiger partial charge in [0.2, 0.25) is 0 Å². The Kier molecular flexibility index (Phi) is 5.53. The van der Waals surface area contributed by atoms with E-state index >= 15 is 0 Å². The maximum absolute atomic E-state index is 4.41. The quantitative estimate of drug-likeness (QED) is 0.682. The Balaban J connectivity index is 1.87. The SMILES string of the molecule is CN=C(NCc1ccnc(C)n1)N1CCC(CC(C)C)C1. The third-order valence-corrected chi connectivity index (χ3v) is 3.86. The molecule has 1 atom stereocenters. The summed E-state index contributed by atoms with van der Waals surface area (Å²) >= 11 is 0. The molecule has 1 aromatic rings. The van der Waals surface area contributed by atoms with E-state index in [0.717, 1.165) is 42.4 Å². The molecule has 0 radical (unpaired) electrons. The summed E-state index contributed by atoms with van der Waals surface area (Å²) in [6.07, 6.45) is 4.38. The fourth-order valence-electron chi connectivity index (χ4n) is 2.99. The van der Waals surface area contributed by atoms with Crippen LogP contribution in [0, 0.1) is 18.8 Å². The van der Waals surface area contributed by atoms with Gasteiger partial charge in [0.25, 0.3) is 0 Å². The molecule has 1 aliphatic heterocycles. The molecule has 1 fully saturated rings. The van der Waals surface area contributed by atoms with Crippen molar-refractivity contribution in [3.8, 4) is 0 Å². The molecule has 116 valence electrons. The van der Waals surface area contributed by atoms with Crippen LogP contribution in [0.25, 0.3) is 0 Å². The van der Waals surface area contributed by atoms with Crippen LogP contribution >= 0.6 is 0 Å². The van der Waals surface area contributed by atoms with Crippen LogP contribution in [0.2, 0.25) is 0 Å². The third kappa shape index (κ3) is 4.69. The summed E-state index contributed by atoms with van der Waals surface area (Å²) in [5, 5.41) is 3.41. The lowest BCUT2D eigenvalue weighted by Gasteiger charge is -2.22. The van der Waals surface area contributed by atoms with E-state index in [2.05, 4.69) is 39.0 Å². The molecule has 21 heavy (non-hydrogen) atoms. The molecule has 0 spiro atoms. The number of aromatic nitrogens is 2. The van der Waals surface area contributed by atoms with Gasteiger partial charge in [-0.1, -0.05) is 13.8 Å². The van der Waals surface area contributed by atoms with Crippen LogP contribution in [0.5, 0.6) is 0 Å². The minimum absolute atomic E-state index is 0.696. The molecule has 2 heterocycles. The monoisotopic (exact) mass is 289 g/mol. The van der Waals surface area contributed by atoms with Gasteiger partial charge in [-0.25, -0.2) is 9.97 Å². The maximum Gasteiger partial charge on any atom is 0.193 e. The summed E-state index contributed by atoms with van der Waals surface area (Å²) < 4.78 is 0. The number of aliphatic imine (C=N–C) groups is 1. The third-order valence-electron chi connectivity index (χ3n) is 3.86. The summed E-state index contributed by atoms with van der Waals surface area (Å²) in [5.41, 5.74) is 1.00. The molecule has 0 bridgehead atoms. The fraction of sp³-hybridized carbons (Fsp3) is 0.688. The highest BCUT2D eigenvalue weighted by molar-refractivity contribution is 5.80. The summed E-state index contributed by atoms with van der Waals surface area (Å²) in [6.45, 7) is 9.41. The van der Waals surface area contributed by atoms with Crippen LogP contribution < -0.4 is 5.32 Å². The van der Waals surface area contributed by atoms with Crippen molar-refractivity contribution < 1.29 is 0 Å².